The molecule has 132 valence electrons. The molecule has 0 aliphatic carbocycles. The molecule has 1 N–H and O–H groups in total. The standard InChI is InChI=1S/C22H23N3O/c23-14-17-7-9-18(10-8-17)16-25-12-4-3-11-22(25)13-19-5-1-2-6-20(19)15-24-21(22)26/h1-2,5-10H,3-4,11-13,15-16H2,(H,24,26). The van der Waals surface area contributed by atoms with E-state index < -0.39 is 5.54 Å². The van der Waals surface area contributed by atoms with Crippen molar-refractivity contribution in [2.24, 2.45) is 0 Å². The van der Waals surface area contributed by atoms with Crippen LogP contribution in [0.25, 0.3) is 0 Å². The van der Waals surface area contributed by atoms with Crippen LogP contribution in [0.15, 0.2) is 48.5 Å². The molecular formula is C22H23N3O. The second kappa shape index (κ2) is 6.93. The fourth-order valence-corrected chi connectivity index (χ4v) is 4.32. The van der Waals surface area contributed by atoms with E-state index in [1.165, 1.54) is 11.1 Å². The number of piperidine rings is 1. The Morgan fingerprint density at radius 2 is 1.85 bits per heavy atom. The first-order chi connectivity index (χ1) is 12.7. The van der Waals surface area contributed by atoms with Gasteiger partial charge in [0, 0.05) is 19.5 Å². The molecule has 1 atom stereocenters. The Morgan fingerprint density at radius 3 is 2.62 bits per heavy atom. The van der Waals surface area contributed by atoms with Gasteiger partial charge in [0.2, 0.25) is 5.91 Å². The maximum absolute atomic E-state index is 13.2. The van der Waals surface area contributed by atoms with Crippen LogP contribution >= 0.6 is 0 Å². The quantitative estimate of drug-likeness (QED) is 0.910. The van der Waals surface area contributed by atoms with E-state index >= 15 is 0 Å². The minimum Gasteiger partial charge on any atom is -0.350 e. The van der Waals surface area contributed by atoms with Gasteiger partial charge >= 0.3 is 0 Å². The van der Waals surface area contributed by atoms with Crippen LogP contribution in [0.5, 0.6) is 0 Å². The van der Waals surface area contributed by atoms with Crippen molar-refractivity contribution < 1.29 is 4.79 Å². The number of hydrogen-bond donors (Lipinski definition) is 1. The number of likely N-dealkylation sites (tertiary alicyclic amines) is 1. The third kappa shape index (κ3) is 3.00. The van der Waals surface area contributed by atoms with Gasteiger partial charge in [-0.3, -0.25) is 9.69 Å². The molecule has 0 saturated carbocycles. The molecule has 0 radical (unpaired) electrons. The fourth-order valence-electron chi connectivity index (χ4n) is 4.32. The molecule has 1 fully saturated rings. The van der Waals surface area contributed by atoms with Crippen LogP contribution in [-0.4, -0.2) is 22.9 Å². The number of nitrogens with one attached hydrogen (secondary N) is 1. The molecule has 1 unspecified atom stereocenters. The molecule has 1 spiro atoms. The van der Waals surface area contributed by atoms with E-state index in [1.807, 2.05) is 30.3 Å². The Kier molecular flexibility index (Phi) is 4.48. The van der Waals surface area contributed by atoms with Crippen LogP contribution < -0.4 is 5.32 Å². The maximum Gasteiger partial charge on any atom is 0.241 e. The van der Waals surface area contributed by atoms with Crippen molar-refractivity contribution in [3.05, 3.63) is 70.8 Å². The largest absolute Gasteiger partial charge is 0.350 e. The summed E-state index contributed by atoms with van der Waals surface area (Å²) in [5.41, 5.74) is 3.84. The fraction of sp³-hybridized carbons (Fsp3) is 0.364. The first-order valence-corrected chi connectivity index (χ1v) is 9.30. The number of amides is 1. The zero-order chi connectivity index (χ0) is 18.0. The summed E-state index contributed by atoms with van der Waals surface area (Å²) in [5.74, 6) is 0.155. The van der Waals surface area contributed by atoms with Crippen LogP contribution in [0.1, 0.15) is 41.5 Å². The SMILES string of the molecule is N#Cc1ccc(CN2CCCCC23Cc2ccccc2CNC3=O)cc1. The van der Waals surface area contributed by atoms with Gasteiger partial charge in [-0.05, 0) is 54.6 Å². The summed E-state index contributed by atoms with van der Waals surface area (Å²) in [6.45, 7) is 2.28. The van der Waals surface area contributed by atoms with Crippen LogP contribution in [0, 0.1) is 11.3 Å². The average molecular weight is 345 g/mol. The average Bonchev–Trinajstić information content (AvgIpc) is 2.82. The second-order valence-electron chi connectivity index (χ2n) is 7.35. The third-order valence-electron chi connectivity index (χ3n) is 5.79. The lowest BCUT2D eigenvalue weighted by atomic mass is 9.80. The first-order valence-electron chi connectivity index (χ1n) is 9.30. The topological polar surface area (TPSA) is 56.1 Å². The highest BCUT2D eigenvalue weighted by molar-refractivity contribution is 5.87. The number of carbonyl (C=O) groups is 1. The first kappa shape index (κ1) is 16.8. The Labute approximate surface area is 154 Å². The number of nitrogens with zero attached hydrogens (tertiary/aromatic N) is 2. The summed E-state index contributed by atoms with van der Waals surface area (Å²) < 4.78 is 0. The Hall–Kier alpha value is -2.64. The van der Waals surface area contributed by atoms with Crippen molar-refractivity contribution in [1.29, 1.82) is 5.26 Å². The number of carbonyl (C=O) groups excluding carboxylic acids is 1. The Balaban J connectivity index is 1.66. The highest BCUT2D eigenvalue weighted by Gasteiger charge is 2.46. The molecule has 4 heteroatoms. The van der Waals surface area contributed by atoms with Gasteiger partial charge in [0.1, 0.15) is 5.54 Å². The minimum absolute atomic E-state index is 0.155. The second-order valence-corrected chi connectivity index (χ2v) is 7.35. The lowest BCUT2D eigenvalue weighted by molar-refractivity contribution is -0.136. The Bertz CT molecular complexity index is 852. The molecule has 0 bridgehead atoms. The van der Waals surface area contributed by atoms with Crippen molar-refractivity contribution in [3.8, 4) is 6.07 Å². The number of hydrogen-bond acceptors (Lipinski definition) is 3. The summed E-state index contributed by atoms with van der Waals surface area (Å²) >= 11 is 0. The van der Waals surface area contributed by atoms with Gasteiger partial charge in [-0.15, -0.1) is 0 Å². The predicted molar refractivity (Wildman–Crippen MR) is 100 cm³/mol. The van der Waals surface area contributed by atoms with Crippen molar-refractivity contribution >= 4 is 5.91 Å². The Morgan fingerprint density at radius 1 is 1.08 bits per heavy atom. The van der Waals surface area contributed by atoms with Crippen LogP contribution in [0.2, 0.25) is 0 Å². The molecule has 2 aromatic rings. The lowest BCUT2D eigenvalue weighted by Gasteiger charge is -2.45. The van der Waals surface area contributed by atoms with Crippen molar-refractivity contribution in [2.45, 2.75) is 44.3 Å². The molecule has 1 saturated heterocycles. The number of rotatable bonds is 2. The van der Waals surface area contributed by atoms with Crippen molar-refractivity contribution in [1.82, 2.24) is 10.2 Å². The van der Waals surface area contributed by atoms with E-state index in [2.05, 4.69) is 34.5 Å². The van der Waals surface area contributed by atoms with E-state index in [0.29, 0.717) is 12.1 Å². The predicted octanol–water partition coefficient (Wildman–Crippen LogP) is 3.16. The smallest absolute Gasteiger partial charge is 0.241 e. The van der Waals surface area contributed by atoms with E-state index in [1.54, 1.807) is 0 Å². The molecule has 2 aromatic carbocycles. The molecule has 26 heavy (non-hydrogen) atoms. The summed E-state index contributed by atoms with van der Waals surface area (Å²) in [7, 11) is 0. The molecule has 2 aliphatic rings. The summed E-state index contributed by atoms with van der Waals surface area (Å²) in [5, 5.41) is 12.2. The number of benzene rings is 2. The van der Waals surface area contributed by atoms with Gasteiger partial charge in [-0.2, -0.15) is 5.26 Å². The van der Waals surface area contributed by atoms with E-state index in [-0.39, 0.29) is 5.91 Å². The van der Waals surface area contributed by atoms with Gasteiger partial charge in [0.05, 0.1) is 11.6 Å². The van der Waals surface area contributed by atoms with E-state index in [0.717, 1.165) is 44.3 Å². The normalized spacial score (nSPS) is 23.0. The van der Waals surface area contributed by atoms with Crippen molar-refractivity contribution in [2.75, 3.05) is 6.54 Å². The van der Waals surface area contributed by atoms with Crippen LogP contribution in [0.3, 0.4) is 0 Å². The molecule has 2 aliphatic heterocycles. The third-order valence-corrected chi connectivity index (χ3v) is 5.79. The van der Waals surface area contributed by atoms with Gasteiger partial charge < -0.3 is 5.32 Å². The molecule has 2 heterocycles. The molecule has 4 nitrogen and oxygen atoms in total. The summed E-state index contributed by atoms with van der Waals surface area (Å²) in [6, 6.07) is 18.3. The zero-order valence-corrected chi connectivity index (χ0v) is 14.9. The van der Waals surface area contributed by atoms with Crippen LogP contribution in [0.4, 0.5) is 0 Å². The number of nitriles is 1. The molecule has 4 rings (SSSR count). The highest BCUT2D eigenvalue weighted by Crippen LogP contribution is 2.35. The van der Waals surface area contributed by atoms with E-state index in [4.69, 9.17) is 5.26 Å². The monoisotopic (exact) mass is 345 g/mol. The molecular weight excluding hydrogens is 322 g/mol. The van der Waals surface area contributed by atoms with Gasteiger partial charge in [0.15, 0.2) is 0 Å². The van der Waals surface area contributed by atoms with Crippen LogP contribution in [-0.2, 0) is 24.3 Å². The van der Waals surface area contributed by atoms with Gasteiger partial charge in [-0.1, -0.05) is 36.4 Å². The lowest BCUT2D eigenvalue weighted by Crippen LogP contribution is -2.60. The van der Waals surface area contributed by atoms with E-state index in [9.17, 15) is 4.79 Å². The summed E-state index contributed by atoms with van der Waals surface area (Å²) in [4.78, 5) is 15.5. The van der Waals surface area contributed by atoms with Gasteiger partial charge in [-0.25, -0.2) is 0 Å². The zero-order valence-electron chi connectivity index (χ0n) is 14.9. The molecule has 0 aromatic heterocycles. The minimum atomic E-state index is -0.473. The molecule has 1 amide bonds. The maximum atomic E-state index is 13.2. The number of fused-ring (bicyclic) bond motifs is 1. The highest BCUT2D eigenvalue weighted by atomic mass is 16.2. The summed E-state index contributed by atoms with van der Waals surface area (Å²) in [6.07, 6.45) is 3.86. The van der Waals surface area contributed by atoms with Gasteiger partial charge in [0.25, 0.3) is 0 Å². The van der Waals surface area contributed by atoms with Crippen molar-refractivity contribution in [3.63, 3.8) is 0 Å².